The Balaban J connectivity index is 4.11. The molecule has 1 amide bonds. The number of hydrogen-bond acceptors (Lipinski definition) is 4. The number of nitrogens with zero attached hydrogens (tertiary/aromatic N) is 1. The van der Waals surface area contributed by atoms with Gasteiger partial charge in [-0.05, 0) is 6.42 Å². The quantitative estimate of drug-likeness (QED) is 0.572. The summed E-state index contributed by atoms with van der Waals surface area (Å²) in [5.41, 5.74) is 10.2. The van der Waals surface area contributed by atoms with Gasteiger partial charge < -0.3 is 11.5 Å². The highest BCUT2D eigenvalue weighted by molar-refractivity contribution is 7.90. The summed E-state index contributed by atoms with van der Waals surface area (Å²) >= 11 is 0. The van der Waals surface area contributed by atoms with Crippen molar-refractivity contribution in [3.8, 4) is 0 Å². The van der Waals surface area contributed by atoms with Gasteiger partial charge in [0.15, 0.2) is 0 Å². The Morgan fingerprint density at radius 2 is 2.13 bits per heavy atom. The van der Waals surface area contributed by atoms with Crippen molar-refractivity contribution in [3.05, 3.63) is 0 Å². The standard InChI is InChI=1S/C8H17N3O3S/c1-2-3-6-15(13,14)11-5-4-7(9)8(10)12/h5,7H,2-4,6,9H2,1H3,(H2,10,12)/t7-/m0/s1. The van der Waals surface area contributed by atoms with Crippen molar-refractivity contribution in [2.75, 3.05) is 5.75 Å². The van der Waals surface area contributed by atoms with Gasteiger partial charge in [0.05, 0.1) is 11.8 Å². The lowest BCUT2D eigenvalue weighted by Gasteiger charge is -2.01. The largest absolute Gasteiger partial charge is 0.368 e. The number of carbonyl (C=O) groups is 1. The molecule has 0 saturated carbocycles. The summed E-state index contributed by atoms with van der Waals surface area (Å²) in [4.78, 5) is 10.5. The normalized spacial score (nSPS) is 14.3. The number of amides is 1. The van der Waals surface area contributed by atoms with Crippen molar-refractivity contribution in [3.63, 3.8) is 0 Å². The SMILES string of the molecule is CCCCS(=O)(=O)N=CC[C@H](N)C(N)=O. The molecule has 7 heteroatoms. The Bertz CT molecular complexity index is 324. The lowest BCUT2D eigenvalue weighted by atomic mass is 10.2. The number of nitrogens with two attached hydrogens (primary N) is 2. The molecule has 0 aliphatic rings. The first kappa shape index (κ1) is 14.1. The third-order valence-electron chi connectivity index (χ3n) is 1.72. The first-order valence-corrected chi connectivity index (χ1v) is 6.31. The summed E-state index contributed by atoms with van der Waals surface area (Å²) in [6.45, 7) is 1.89. The zero-order valence-corrected chi connectivity index (χ0v) is 9.53. The molecule has 0 aromatic carbocycles. The van der Waals surface area contributed by atoms with E-state index < -0.39 is 22.0 Å². The summed E-state index contributed by atoms with van der Waals surface area (Å²) < 4.78 is 25.7. The highest BCUT2D eigenvalue weighted by atomic mass is 32.2. The first-order chi connectivity index (χ1) is 6.89. The minimum atomic E-state index is -3.40. The summed E-state index contributed by atoms with van der Waals surface area (Å²) in [6, 6.07) is -0.880. The number of hydrogen-bond donors (Lipinski definition) is 2. The maximum Gasteiger partial charge on any atom is 0.252 e. The number of unbranched alkanes of at least 4 members (excludes halogenated alkanes) is 1. The van der Waals surface area contributed by atoms with Crippen LogP contribution in [0.5, 0.6) is 0 Å². The van der Waals surface area contributed by atoms with Crippen LogP contribution in [0.25, 0.3) is 0 Å². The van der Waals surface area contributed by atoms with Gasteiger partial charge in [0.1, 0.15) is 0 Å². The van der Waals surface area contributed by atoms with Crippen molar-refractivity contribution >= 4 is 22.1 Å². The summed E-state index contributed by atoms with van der Waals surface area (Å²) in [7, 11) is -3.40. The van der Waals surface area contributed by atoms with E-state index in [4.69, 9.17) is 11.5 Å². The van der Waals surface area contributed by atoms with Crippen LogP contribution in [0.15, 0.2) is 4.40 Å². The fourth-order valence-electron chi connectivity index (χ4n) is 0.766. The van der Waals surface area contributed by atoms with Crippen LogP contribution in [-0.2, 0) is 14.8 Å². The molecule has 0 spiro atoms. The second kappa shape index (κ2) is 6.52. The molecule has 0 radical (unpaired) electrons. The summed E-state index contributed by atoms with van der Waals surface area (Å²) in [6.07, 6.45) is 2.53. The Labute approximate surface area is 89.8 Å². The molecule has 0 aromatic rings. The van der Waals surface area contributed by atoms with Crippen molar-refractivity contribution in [1.29, 1.82) is 0 Å². The molecule has 0 fully saturated rings. The van der Waals surface area contributed by atoms with E-state index >= 15 is 0 Å². The maximum atomic E-state index is 11.2. The zero-order valence-electron chi connectivity index (χ0n) is 8.72. The van der Waals surface area contributed by atoms with E-state index in [0.717, 1.165) is 12.6 Å². The Kier molecular flexibility index (Phi) is 6.11. The Hall–Kier alpha value is -0.950. The van der Waals surface area contributed by atoms with E-state index in [2.05, 4.69) is 4.40 Å². The fraction of sp³-hybridized carbons (Fsp3) is 0.750. The predicted octanol–water partition coefficient (Wildman–Crippen LogP) is -0.610. The van der Waals surface area contributed by atoms with Gasteiger partial charge in [-0.2, -0.15) is 4.40 Å². The molecule has 0 aliphatic heterocycles. The third-order valence-corrected chi connectivity index (χ3v) is 2.99. The number of rotatable bonds is 7. The first-order valence-electron chi connectivity index (χ1n) is 4.70. The maximum absolute atomic E-state index is 11.2. The molecule has 1 atom stereocenters. The molecule has 0 bridgehead atoms. The predicted molar refractivity (Wildman–Crippen MR) is 59.0 cm³/mol. The second-order valence-corrected chi connectivity index (χ2v) is 4.96. The Morgan fingerprint density at radius 1 is 1.53 bits per heavy atom. The third kappa shape index (κ3) is 7.03. The average Bonchev–Trinajstić information content (AvgIpc) is 2.14. The molecule has 15 heavy (non-hydrogen) atoms. The number of carbonyl (C=O) groups excluding carboxylic acids is 1. The topological polar surface area (TPSA) is 116 Å². The molecule has 0 aliphatic carbocycles. The zero-order chi connectivity index (χ0) is 11.9. The van der Waals surface area contributed by atoms with Gasteiger partial charge in [0.25, 0.3) is 10.0 Å². The Morgan fingerprint density at radius 3 is 2.60 bits per heavy atom. The lowest BCUT2D eigenvalue weighted by molar-refractivity contribution is -0.119. The minimum absolute atomic E-state index is 0.0197. The molecule has 6 nitrogen and oxygen atoms in total. The van der Waals surface area contributed by atoms with Gasteiger partial charge in [-0.15, -0.1) is 0 Å². The molecule has 0 aromatic heterocycles. The summed E-state index contributed by atoms with van der Waals surface area (Å²) in [5, 5.41) is 0. The fourth-order valence-corrected chi connectivity index (χ4v) is 1.84. The van der Waals surface area contributed by atoms with Crippen LogP contribution >= 0.6 is 0 Å². The van der Waals surface area contributed by atoms with Crippen LogP contribution < -0.4 is 11.5 Å². The molecule has 0 saturated heterocycles. The van der Waals surface area contributed by atoms with Crippen molar-refractivity contribution in [2.45, 2.75) is 32.2 Å². The smallest absolute Gasteiger partial charge is 0.252 e. The van der Waals surface area contributed by atoms with E-state index in [1.165, 1.54) is 0 Å². The van der Waals surface area contributed by atoms with Crippen LogP contribution in [0.2, 0.25) is 0 Å². The highest BCUT2D eigenvalue weighted by Gasteiger charge is 2.09. The van der Waals surface area contributed by atoms with E-state index in [0.29, 0.717) is 6.42 Å². The highest BCUT2D eigenvalue weighted by Crippen LogP contribution is 1.98. The van der Waals surface area contributed by atoms with Gasteiger partial charge in [0, 0.05) is 12.6 Å². The molecule has 4 N–H and O–H groups in total. The van der Waals surface area contributed by atoms with Crippen LogP contribution in [0.4, 0.5) is 0 Å². The van der Waals surface area contributed by atoms with Crippen LogP contribution in [-0.4, -0.2) is 32.3 Å². The molecule has 0 unspecified atom stereocenters. The van der Waals surface area contributed by atoms with Crippen molar-refractivity contribution < 1.29 is 13.2 Å². The van der Waals surface area contributed by atoms with Crippen molar-refractivity contribution in [1.82, 2.24) is 0 Å². The van der Waals surface area contributed by atoms with Gasteiger partial charge in [0.2, 0.25) is 5.91 Å². The average molecular weight is 235 g/mol. The van der Waals surface area contributed by atoms with Crippen LogP contribution in [0, 0.1) is 0 Å². The van der Waals surface area contributed by atoms with Gasteiger partial charge in [-0.3, -0.25) is 4.79 Å². The van der Waals surface area contributed by atoms with E-state index in [1.807, 2.05) is 6.92 Å². The molecule has 0 heterocycles. The van der Waals surface area contributed by atoms with E-state index in [1.54, 1.807) is 0 Å². The number of primary amides is 1. The van der Waals surface area contributed by atoms with E-state index in [-0.39, 0.29) is 12.2 Å². The summed E-state index contributed by atoms with van der Waals surface area (Å²) in [5.74, 6) is -0.654. The lowest BCUT2D eigenvalue weighted by Crippen LogP contribution is -2.36. The second-order valence-electron chi connectivity index (χ2n) is 3.17. The molecule has 0 rings (SSSR count). The van der Waals surface area contributed by atoms with Crippen molar-refractivity contribution in [2.24, 2.45) is 15.9 Å². The van der Waals surface area contributed by atoms with Gasteiger partial charge in [-0.1, -0.05) is 13.3 Å². The van der Waals surface area contributed by atoms with Gasteiger partial charge >= 0.3 is 0 Å². The molecular weight excluding hydrogens is 218 g/mol. The van der Waals surface area contributed by atoms with Gasteiger partial charge in [-0.25, -0.2) is 8.42 Å². The molecular formula is C8H17N3O3S. The minimum Gasteiger partial charge on any atom is -0.368 e. The van der Waals surface area contributed by atoms with Crippen LogP contribution in [0.3, 0.4) is 0 Å². The molecule has 88 valence electrons. The van der Waals surface area contributed by atoms with Crippen LogP contribution in [0.1, 0.15) is 26.2 Å². The monoisotopic (exact) mass is 235 g/mol. The number of sulfonamides is 1. The van der Waals surface area contributed by atoms with E-state index in [9.17, 15) is 13.2 Å².